The molecule has 0 bridgehead atoms. The van der Waals surface area contributed by atoms with Crippen LogP contribution >= 0.6 is 24.0 Å². The fourth-order valence-electron chi connectivity index (χ4n) is 3.58. The zero-order valence-corrected chi connectivity index (χ0v) is 18.3. The number of aryl methyl sites for hydroxylation is 2. The van der Waals surface area contributed by atoms with Crippen LogP contribution in [0.4, 0.5) is 11.4 Å². The summed E-state index contributed by atoms with van der Waals surface area (Å²) in [4.78, 5) is 41.8. The molecule has 0 radical (unpaired) electrons. The number of nitrogens with one attached hydrogen (secondary N) is 1. The van der Waals surface area contributed by atoms with Crippen molar-refractivity contribution in [3.05, 3.63) is 64.1 Å². The summed E-state index contributed by atoms with van der Waals surface area (Å²) in [5, 5.41) is 2.91. The number of fused-ring (bicyclic) bond motifs is 1. The van der Waals surface area contributed by atoms with Crippen LogP contribution in [0, 0.1) is 13.8 Å². The predicted molar refractivity (Wildman–Crippen MR) is 123 cm³/mol. The molecule has 8 heteroatoms. The number of benzene rings is 2. The second-order valence-electron chi connectivity index (χ2n) is 7.16. The van der Waals surface area contributed by atoms with Crippen molar-refractivity contribution >= 4 is 63.0 Å². The third-order valence-corrected chi connectivity index (χ3v) is 6.71. The lowest BCUT2D eigenvalue weighted by Gasteiger charge is -2.18. The van der Waals surface area contributed by atoms with Crippen molar-refractivity contribution in [1.82, 2.24) is 4.90 Å². The highest BCUT2D eigenvalue weighted by molar-refractivity contribution is 8.26. The molecule has 152 valence electrons. The number of rotatable bonds is 3. The Morgan fingerprint density at radius 1 is 1.03 bits per heavy atom. The number of anilines is 2. The molecule has 0 saturated carbocycles. The summed E-state index contributed by atoms with van der Waals surface area (Å²) in [7, 11) is 1.59. The second-order valence-corrected chi connectivity index (χ2v) is 8.80. The molecule has 0 aromatic heterocycles. The number of thioether (sulfide) groups is 1. The first-order valence-electron chi connectivity index (χ1n) is 9.31. The van der Waals surface area contributed by atoms with E-state index in [1.54, 1.807) is 31.3 Å². The van der Waals surface area contributed by atoms with Gasteiger partial charge in [-0.25, -0.2) is 0 Å². The topological polar surface area (TPSA) is 69.7 Å². The normalized spacial score (nSPS) is 18.3. The van der Waals surface area contributed by atoms with Crippen LogP contribution in [-0.2, 0) is 14.4 Å². The Bertz CT molecular complexity index is 1140. The Balaban J connectivity index is 1.67. The van der Waals surface area contributed by atoms with Gasteiger partial charge in [-0.3, -0.25) is 24.2 Å². The minimum Gasteiger partial charge on any atom is -0.324 e. The Labute approximate surface area is 183 Å². The molecule has 30 heavy (non-hydrogen) atoms. The number of amides is 3. The van der Waals surface area contributed by atoms with E-state index >= 15 is 0 Å². The molecule has 2 aliphatic heterocycles. The molecule has 1 saturated heterocycles. The Morgan fingerprint density at radius 3 is 2.33 bits per heavy atom. The average molecular weight is 438 g/mol. The Morgan fingerprint density at radius 2 is 1.70 bits per heavy atom. The molecular weight excluding hydrogens is 418 g/mol. The summed E-state index contributed by atoms with van der Waals surface area (Å²) < 4.78 is 0.402. The molecule has 2 aromatic carbocycles. The number of carbonyl (C=O) groups excluding carboxylic acids is 3. The van der Waals surface area contributed by atoms with Crippen molar-refractivity contribution in [1.29, 1.82) is 0 Å². The molecular formula is C22H19N3O3S2. The third kappa shape index (κ3) is 3.32. The fourth-order valence-corrected chi connectivity index (χ4v) is 4.83. The summed E-state index contributed by atoms with van der Waals surface area (Å²) in [5.41, 5.74) is 4.18. The Kier molecular flexibility index (Phi) is 5.21. The zero-order valence-electron chi connectivity index (χ0n) is 16.7. The number of hydrogen-bond acceptors (Lipinski definition) is 5. The van der Waals surface area contributed by atoms with E-state index in [-0.39, 0.29) is 24.3 Å². The van der Waals surface area contributed by atoms with E-state index in [0.29, 0.717) is 26.0 Å². The van der Waals surface area contributed by atoms with Crippen molar-refractivity contribution in [2.45, 2.75) is 13.8 Å². The quantitative estimate of drug-likeness (QED) is 0.588. The van der Waals surface area contributed by atoms with Gasteiger partial charge in [0.2, 0.25) is 5.91 Å². The fraction of sp³-hybridized carbons (Fsp3) is 0.182. The van der Waals surface area contributed by atoms with Crippen LogP contribution in [0.2, 0.25) is 0 Å². The summed E-state index contributed by atoms with van der Waals surface area (Å²) >= 11 is 6.32. The molecule has 0 spiro atoms. The first-order valence-corrected chi connectivity index (χ1v) is 10.5. The van der Waals surface area contributed by atoms with Crippen LogP contribution in [0.5, 0.6) is 0 Å². The van der Waals surface area contributed by atoms with E-state index in [0.717, 1.165) is 28.6 Å². The van der Waals surface area contributed by atoms with Gasteiger partial charge in [0.15, 0.2) is 0 Å². The SMILES string of the molecule is Cc1cccc(C)c1NC(=O)CN1C(=O)/C(=C2\SC(=S)N(C)C2=O)c2ccccc21. The molecule has 3 amide bonds. The first-order chi connectivity index (χ1) is 14.3. The highest BCUT2D eigenvalue weighted by Gasteiger charge is 2.41. The maximum absolute atomic E-state index is 13.3. The summed E-state index contributed by atoms with van der Waals surface area (Å²) in [6.45, 7) is 3.69. The van der Waals surface area contributed by atoms with Crippen molar-refractivity contribution in [2.24, 2.45) is 0 Å². The number of carbonyl (C=O) groups is 3. The van der Waals surface area contributed by atoms with Gasteiger partial charge in [0.25, 0.3) is 11.8 Å². The molecule has 6 nitrogen and oxygen atoms in total. The zero-order chi connectivity index (χ0) is 21.6. The summed E-state index contributed by atoms with van der Waals surface area (Å²) in [5.74, 6) is -0.980. The second kappa shape index (κ2) is 7.70. The molecule has 2 aliphatic rings. The minimum absolute atomic E-state index is 0.153. The molecule has 2 heterocycles. The van der Waals surface area contributed by atoms with Gasteiger partial charge in [-0.1, -0.05) is 60.4 Å². The van der Waals surface area contributed by atoms with Gasteiger partial charge in [0, 0.05) is 18.3 Å². The molecule has 4 rings (SSSR count). The number of hydrogen-bond donors (Lipinski definition) is 1. The van der Waals surface area contributed by atoms with E-state index in [1.165, 1.54) is 9.80 Å². The van der Waals surface area contributed by atoms with Crippen molar-refractivity contribution in [3.8, 4) is 0 Å². The third-order valence-electron chi connectivity index (χ3n) is 5.16. The van der Waals surface area contributed by atoms with Gasteiger partial charge in [0.05, 0.1) is 16.2 Å². The number of nitrogens with zero attached hydrogens (tertiary/aromatic N) is 2. The molecule has 0 unspecified atom stereocenters. The van der Waals surface area contributed by atoms with Crippen LogP contribution in [0.3, 0.4) is 0 Å². The molecule has 2 aromatic rings. The maximum atomic E-state index is 13.3. The van der Waals surface area contributed by atoms with Gasteiger partial charge >= 0.3 is 0 Å². The number of para-hydroxylation sites is 2. The number of thiocarbonyl (C=S) groups is 1. The van der Waals surface area contributed by atoms with Crippen molar-refractivity contribution < 1.29 is 14.4 Å². The summed E-state index contributed by atoms with van der Waals surface area (Å²) in [6.07, 6.45) is 0. The van der Waals surface area contributed by atoms with Crippen LogP contribution in [0.25, 0.3) is 5.57 Å². The lowest BCUT2D eigenvalue weighted by Crippen LogP contribution is -2.35. The predicted octanol–water partition coefficient (Wildman–Crippen LogP) is 3.49. The van der Waals surface area contributed by atoms with Gasteiger partial charge in [-0.15, -0.1) is 0 Å². The van der Waals surface area contributed by atoms with E-state index in [2.05, 4.69) is 5.32 Å². The van der Waals surface area contributed by atoms with E-state index in [4.69, 9.17) is 12.2 Å². The lowest BCUT2D eigenvalue weighted by molar-refractivity contribution is -0.121. The van der Waals surface area contributed by atoms with Gasteiger partial charge in [-0.05, 0) is 31.0 Å². The van der Waals surface area contributed by atoms with Crippen LogP contribution in [-0.4, -0.2) is 40.5 Å². The molecule has 1 N–H and O–H groups in total. The van der Waals surface area contributed by atoms with Crippen LogP contribution < -0.4 is 10.2 Å². The van der Waals surface area contributed by atoms with Crippen LogP contribution in [0.15, 0.2) is 47.4 Å². The molecule has 1 fully saturated rings. The standard InChI is InChI=1S/C22H19N3O3S2/c1-12-7-6-8-13(2)18(12)23-16(26)11-25-15-10-5-4-9-14(15)17(20(25)27)19-21(28)24(3)22(29)30-19/h4-10H,11H2,1-3H3,(H,23,26)/b19-17-. The minimum atomic E-state index is -0.373. The summed E-state index contributed by atoms with van der Waals surface area (Å²) in [6, 6.07) is 12.9. The van der Waals surface area contributed by atoms with E-state index in [1.807, 2.05) is 32.0 Å². The van der Waals surface area contributed by atoms with Gasteiger partial charge in [0.1, 0.15) is 10.9 Å². The Hall–Kier alpha value is -2.97. The smallest absolute Gasteiger partial charge is 0.266 e. The average Bonchev–Trinajstić information content (AvgIpc) is 3.13. The highest BCUT2D eigenvalue weighted by Crippen LogP contribution is 2.44. The highest BCUT2D eigenvalue weighted by atomic mass is 32.2. The van der Waals surface area contributed by atoms with Gasteiger partial charge in [-0.2, -0.15) is 0 Å². The first kappa shape index (κ1) is 20.3. The van der Waals surface area contributed by atoms with Crippen LogP contribution in [0.1, 0.15) is 16.7 Å². The van der Waals surface area contributed by atoms with Crippen molar-refractivity contribution in [3.63, 3.8) is 0 Å². The number of likely N-dealkylation sites (N-methyl/N-ethyl adjacent to an activating group) is 1. The van der Waals surface area contributed by atoms with Crippen molar-refractivity contribution in [2.75, 3.05) is 23.8 Å². The monoisotopic (exact) mass is 437 g/mol. The van der Waals surface area contributed by atoms with E-state index in [9.17, 15) is 14.4 Å². The van der Waals surface area contributed by atoms with E-state index < -0.39 is 0 Å². The molecule has 0 aliphatic carbocycles. The largest absolute Gasteiger partial charge is 0.324 e. The lowest BCUT2D eigenvalue weighted by atomic mass is 10.1. The van der Waals surface area contributed by atoms with Gasteiger partial charge < -0.3 is 5.32 Å². The maximum Gasteiger partial charge on any atom is 0.266 e. The molecule has 0 atom stereocenters.